The predicted octanol–water partition coefficient (Wildman–Crippen LogP) is 3.53. The van der Waals surface area contributed by atoms with E-state index in [0.29, 0.717) is 18.8 Å². The third-order valence-electron chi connectivity index (χ3n) is 4.37. The van der Waals surface area contributed by atoms with E-state index in [1.807, 2.05) is 27.7 Å². The van der Waals surface area contributed by atoms with Crippen molar-refractivity contribution in [1.82, 2.24) is 4.90 Å². The van der Waals surface area contributed by atoms with Crippen molar-refractivity contribution in [2.45, 2.75) is 51.1 Å². The van der Waals surface area contributed by atoms with Crippen LogP contribution in [0.5, 0.6) is 5.75 Å². The van der Waals surface area contributed by atoms with Gasteiger partial charge in [0.2, 0.25) is 5.69 Å². The molecule has 0 aliphatic carbocycles. The van der Waals surface area contributed by atoms with Crippen molar-refractivity contribution in [3.8, 4) is 5.75 Å². The van der Waals surface area contributed by atoms with Crippen molar-refractivity contribution in [1.29, 1.82) is 0 Å². The molecule has 2 heterocycles. The van der Waals surface area contributed by atoms with Crippen LogP contribution in [0.1, 0.15) is 27.7 Å². The molecule has 25 heavy (non-hydrogen) atoms. The molecule has 0 unspecified atom stereocenters. The molecule has 3 atom stereocenters. The van der Waals surface area contributed by atoms with Crippen LogP contribution < -0.4 is 4.74 Å². The van der Waals surface area contributed by atoms with Crippen LogP contribution in [0.25, 0.3) is 4.85 Å². The maximum absolute atomic E-state index is 13.8. The molecule has 6 nitrogen and oxygen atoms in total. The Morgan fingerprint density at radius 2 is 2.16 bits per heavy atom. The molecule has 1 aromatic rings. The van der Waals surface area contributed by atoms with E-state index in [9.17, 15) is 9.18 Å². The van der Waals surface area contributed by atoms with Gasteiger partial charge in [0.25, 0.3) is 0 Å². The predicted molar refractivity (Wildman–Crippen MR) is 88.2 cm³/mol. The third kappa shape index (κ3) is 3.40. The summed E-state index contributed by atoms with van der Waals surface area (Å²) in [5.41, 5.74) is -1.23. The molecule has 0 radical (unpaired) electrons. The maximum Gasteiger partial charge on any atom is 0.410 e. The lowest BCUT2D eigenvalue weighted by atomic mass is 10.0. The van der Waals surface area contributed by atoms with E-state index in [2.05, 4.69) is 4.85 Å². The molecular weight excluding hydrogens is 327 g/mol. The Morgan fingerprint density at radius 3 is 2.68 bits per heavy atom. The number of halogens is 1. The summed E-state index contributed by atoms with van der Waals surface area (Å²) in [4.78, 5) is 17.0. The number of ether oxygens (including phenoxy) is 3. The number of amides is 1. The van der Waals surface area contributed by atoms with Crippen molar-refractivity contribution >= 4 is 11.8 Å². The summed E-state index contributed by atoms with van der Waals surface area (Å²) in [6.45, 7) is 14.9. The molecular formula is C18H21FN2O4. The van der Waals surface area contributed by atoms with Crippen LogP contribution in [0.15, 0.2) is 18.2 Å². The van der Waals surface area contributed by atoms with Gasteiger partial charge in [-0.15, -0.1) is 0 Å². The van der Waals surface area contributed by atoms with E-state index in [0.717, 1.165) is 0 Å². The van der Waals surface area contributed by atoms with Crippen molar-refractivity contribution < 1.29 is 23.4 Å². The summed E-state index contributed by atoms with van der Waals surface area (Å²) in [5, 5.41) is 0. The molecule has 7 heteroatoms. The molecule has 0 aromatic heterocycles. The number of nitrogens with zero attached hydrogens (tertiary/aromatic N) is 2. The monoisotopic (exact) mass is 348 g/mol. The molecule has 2 fully saturated rings. The number of rotatable bonds is 2. The van der Waals surface area contributed by atoms with Gasteiger partial charge in [-0.25, -0.2) is 14.0 Å². The minimum absolute atomic E-state index is 0.0556. The van der Waals surface area contributed by atoms with Crippen LogP contribution in [-0.2, 0) is 9.47 Å². The molecule has 0 saturated carbocycles. The average Bonchev–Trinajstić information content (AvgIpc) is 2.99. The van der Waals surface area contributed by atoms with Gasteiger partial charge in [-0.3, -0.25) is 0 Å². The van der Waals surface area contributed by atoms with Gasteiger partial charge >= 0.3 is 6.09 Å². The third-order valence-corrected chi connectivity index (χ3v) is 4.37. The number of hydrogen-bond donors (Lipinski definition) is 0. The summed E-state index contributed by atoms with van der Waals surface area (Å²) in [5.74, 6) is -0.323. The minimum Gasteiger partial charge on any atom is -0.485 e. The van der Waals surface area contributed by atoms with Crippen molar-refractivity contribution in [2.24, 2.45) is 0 Å². The fourth-order valence-corrected chi connectivity index (χ4v) is 3.04. The Morgan fingerprint density at radius 1 is 1.48 bits per heavy atom. The van der Waals surface area contributed by atoms with E-state index in [-0.39, 0.29) is 11.8 Å². The van der Waals surface area contributed by atoms with E-state index in [4.69, 9.17) is 20.8 Å². The zero-order valence-electron chi connectivity index (χ0n) is 14.7. The highest BCUT2D eigenvalue weighted by Crippen LogP contribution is 2.46. The quantitative estimate of drug-likeness (QED) is 0.606. The summed E-state index contributed by atoms with van der Waals surface area (Å²) in [6, 6.07) is 4.11. The second kappa shape index (κ2) is 5.88. The molecule has 134 valence electrons. The van der Waals surface area contributed by atoms with E-state index in [1.165, 1.54) is 12.1 Å². The first-order valence-corrected chi connectivity index (χ1v) is 8.14. The molecule has 0 N–H and O–H groups in total. The highest BCUT2D eigenvalue weighted by molar-refractivity contribution is 5.69. The fraction of sp³-hybridized carbons (Fsp3) is 0.556. The van der Waals surface area contributed by atoms with Crippen LogP contribution >= 0.6 is 0 Å². The van der Waals surface area contributed by atoms with Crippen LogP contribution in [0.4, 0.5) is 14.9 Å². The lowest BCUT2D eigenvalue weighted by molar-refractivity contribution is 0.0273. The normalized spacial score (nSPS) is 27.9. The van der Waals surface area contributed by atoms with Gasteiger partial charge < -0.3 is 19.1 Å². The Hall–Kier alpha value is -2.33. The number of benzene rings is 1. The SMILES string of the molecule is [C-]#[N+]c1ccc(O[C@H]2CN(C(=O)OC(C)(C)C)C[C@]23O[C@H]3C)cc1F. The average molecular weight is 348 g/mol. The smallest absolute Gasteiger partial charge is 0.410 e. The molecule has 2 aliphatic rings. The van der Waals surface area contributed by atoms with Crippen molar-refractivity contribution in [3.05, 3.63) is 35.4 Å². The van der Waals surface area contributed by atoms with Gasteiger partial charge in [0.15, 0.2) is 5.60 Å². The lowest BCUT2D eigenvalue weighted by Crippen LogP contribution is -2.36. The highest BCUT2D eigenvalue weighted by atomic mass is 19.1. The van der Waals surface area contributed by atoms with Gasteiger partial charge in [0, 0.05) is 6.07 Å². The first-order valence-electron chi connectivity index (χ1n) is 8.14. The number of carbonyl (C=O) groups is 1. The number of likely N-dealkylation sites (tertiary alicyclic amines) is 1. The van der Waals surface area contributed by atoms with E-state index in [1.54, 1.807) is 11.0 Å². The topological polar surface area (TPSA) is 55.7 Å². The number of epoxide rings is 1. The van der Waals surface area contributed by atoms with E-state index < -0.39 is 29.2 Å². The van der Waals surface area contributed by atoms with Gasteiger partial charge in [-0.1, -0.05) is 0 Å². The largest absolute Gasteiger partial charge is 0.485 e. The molecule has 3 rings (SSSR count). The van der Waals surface area contributed by atoms with Crippen molar-refractivity contribution in [3.63, 3.8) is 0 Å². The van der Waals surface area contributed by atoms with E-state index >= 15 is 0 Å². The Labute approximate surface area is 146 Å². The first-order chi connectivity index (χ1) is 11.6. The molecule has 1 aromatic carbocycles. The van der Waals surface area contributed by atoms with Gasteiger partial charge in [-0.05, 0) is 39.8 Å². The summed E-state index contributed by atoms with van der Waals surface area (Å²) in [7, 11) is 0. The zero-order valence-corrected chi connectivity index (χ0v) is 14.7. The Kier molecular flexibility index (Phi) is 4.12. The van der Waals surface area contributed by atoms with Crippen molar-refractivity contribution in [2.75, 3.05) is 13.1 Å². The molecule has 0 bridgehead atoms. The minimum atomic E-state index is -0.631. The molecule has 2 saturated heterocycles. The van der Waals surface area contributed by atoms with Gasteiger partial charge in [0.1, 0.15) is 23.3 Å². The summed E-state index contributed by atoms with van der Waals surface area (Å²) >= 11 is 0. The zero-order chi connectivity index (χ0) is 18.4. The maximum atomic E-state index is 13.8. The fourth-order valence-electron chi connectivity index (χ4n) is 3.04. The van der Waals surface area contributed by atoms with Crippen LogP contribution in [0.3, 0.4) is 0 Å². The standard InChI is InChI=1S/C18H21FN2O4/c1-11-18(24-11)10-21(16(22)25-17(2,3)4)9-15(18)23-12-6-7-14(20-5)13(19)8-12/h6-8,11,15H,9-10H2,1-4H3/t11-,15-,18+/m0/s1. The van der Waals surface area contributed by atoms with Crippen LogP contribution in [-0.4, -0.2) is 47.5 Å². The van der Waals surface area contributed by atoms with Crippen LogP contribution in [0.2, 0.25) is 0 Å². The summed E-state index contributed by atoms with van der Waals surface area (Å²) < 4.78 is 30.8. The second-order valence-corrected chi connectivity index (χ2v) is 7.41. The Bertz CT molecular complexity index is 740. The molecule has 1 spiro atoms. The lowest BCUT2D eigenvalue weighted by Gasteiger charge is -2.24. The van der Waals surface area contributed by atoms with Gasteiger partial charge in [-0.2, -0.15) is 0 Å². The molecule has 2 aliphatic heterocycles. The number of carbonyl (C=O) groups excluding carboxylic acids is 1. The van der Waals surface area contributed by atoms with Gasteiger partial charge in [0.05, 0.1) is 25.8 Å². The number of hydrogen-bond acceptors (Lipinski definition) is 4. The van der Waals surface area contributed by atoms with Crippen LogP contribution in [0, 0.1) is 12.4 Å². The molecule has 1 amide bonds. The second-order valence-electron chi connectivity index (χ2n) is 7.41. The highest BCUT2D eigenvalue weighted by Gasteiger charge is 2.66. The summed E-state index contributed by atoms with van der Waals surface area (Å²) in [6.07, 6.45) is -0.902. The Balaban J connectivity index is 1.74. The first kappa shape index (κ1) is 17.5.